The van der Waals surface area contributed by atoms with Gasteiger partial charge in [0.1, 0.15) is 5.75 Å². The second-order valence-electron chi connectivity index (χ2n) is 4.72. The highest BCUT2D eigenvalue weighted by Gasteiger charge is 2.59. The summed E-state index contributed by atoms with van der Waals surface area (Å²) < 4.78 is 10.9. The molecule has 0 saturated carbocycles. The monoisotopic (exact) mass is 262 g/mol. The van der Waals surface area contributed by atoms with Crippen LogP contribution in [0.5, 0.6) is 5.75 Å². The molecule has 1 fully saturated rings. The van der Waals surface area contributed by atoms with E-state index < -0.39 is 11.6 Å². The van der Waals surface area contributed by atoms with E-state index in [-0.39, 0.29) is 5.78 Å². The lowest BCUT2D eigenvalue weighted by Crippen LogP contribution is -2.29. The molecule has 0 aliphatic carbocycles. The van der Waals surface area contributed by atoms with Crippen molar-refractivity contribution in [1.82, 2.24) is 0 Å². The van der Waals surface area contributed by atoms with E-state index in [9.17, 15) is 4.79 Å². The molecule has 2 aliphatic heterocycles. The first-order valence-electron chi connectivity index (χ1n) is 5.95. The summed E-state index contributed by atoms with van der Waals surface area (Å²) in [4.78, 5) is 22.1. The molecule has 100 valence electrons. The van der Waals surface area contributed by atoms with Gasteiger partial charge in [-0.3, -0.25) is 4.79 Å². The molecule has 5 nitrogen and oxygen atoms in total. The number of hydrogen-bond acceptors (Lipinski definition) is 5. The molecule has 3 rings (SSSR count). The molecule has 0 radical (unpaired) electrons. The summed E-state index contributed by atoms with van der Waals surface area (Å²) in [6, 6.07) is 7.22. The minimum Gasteiger partial charge on any atom is -0.497 e. The van der Waals surface area contributed by atoms with E-state index >= 15 is 0 Å². The predicted octanol–water partition coefficient (Wildman–Crippen LogP) is 2.07. The van der Waals surface area contributed by atoms with E-state index in [0.29, 0.717) is 5.57 Å². The van der Waals surface area contributed by atoms with Crippen LogP contribution in [0.1, 0.15) is 19.4 Å². The van der Waals surface area contributed by atoms with Crippen LogP contribution >= 0.6 is 0 Å². The van der Waals surface area contributed by atoms with Crippen LogP contribution in [0.25, 0.3) is 0 Å². The number of ether oxygens (including phenoxy) is 2. The highest BCUT2D eigenvalue weighted by Crippen LogP contribution is 2.51. The van der Waals surface area contributed by atoms with E-state index in [4.69, 9.17) is 19.2 Å². The molecule has 0 amide bonds. The largest absolute Gasteiger partial charge is 0.497 e. The van der Waals surface area contributed by atoms with Crippen LogP contribution < -0.4 is 4.74 Å². The summed E-state index contributed by atoms with van der Waals surface area (Å²) in [5.74, 6) is -1.65. The Morgan fingerprint density at radius 2 is 1.89 bits per heavy atom. The molecular formula is C14H14O5. The van der Waals surface area contributed by atoms with Gasteiger partial charge < -0.3 is 9.47 Å². The van der Waals surface area contributed by atoms with E-state index in [0.717, 1.165) is 11.3 Å². The topological polar surface area (TPSA) is 54.0 Å². The summed E-state index contributed by atoms with van der Waals surface area (Å²) in [5, 5.41) is 0. The number of methoxy groups -OCH3 is 1. The van der Waals surface area contributed by atoms with Gasteiger partial charge in [-0.15, -0.1) is 0 Å². The summed E-state index contributed by atoms with van der Waals surface area (Å²) in [6.45, 7) is 3.14. The average molecular weight is 262 g/mol. The number of carbonyl (C=O) groups is 1. The van der Waals surface area contributed by atoms with Gasteiger partial charge in [0.05, 0.1) is 12.7 Å². The van der Waals surface area contributed by atoms with Crippen molar-refractivity contribution in [2.45, 2.75) is 25.4 Å². The Labute approximate surface area is 110 Å². The zero-order valence-corrected chi connectivity index (χ0v) is 10.9. The van der Waals surface area contributed by atoms with Crippen LogP contribution in [-0.2, 0) is 25.1 Å². The van der Waals surface area contributed by atoms with Crippen molar-refractivity contribution < 1.29 is 24.0 Å². The number of fused-ring (bicyclic) bond motifs is 2. The van der Waals surface area contributed by atoms with Gasteiger partial charge in [-0.25, -0.2) is 0 Å². The molecule has 5 heteroatoms. The molecule has 2 aliphatic rings. The highest BCUT2D eigenvalue weighted by molar-refractivity contribution is 5.95. The van der Waals surface area contributed by atoms with E-state index in [2.05, 4.69) is 0 Å². The molecule has 2 bridgehead atoms. The molecule has 0 N–H and O–H groups in total. The van der Waals surface area contributed by atoms with Crippen molar-refractivity contribution in [1.29, 1.82) is 0 Å². The van der Waals surface area contributed by atoms with E-state index in [1.54, 1.807) is 32.2 Å². The fourth-order valence-electron chi connectivity index (χ4n) is 2.37. The van der Waals surface area contributed by atoms with Crippen molar-refractivity contribution in [3.63, 3.8) is 0 Å². The second kappa shape index (κ2) is 3.90. The third kappa shape index (κ3) is 1.70. The van der Waals surface area contributed by atoms with Crippen LogP contribution in [0.4, 0.5) is 0 Å². The zero-order chi connectivity index (χ0) is 13.7. The molecule has 0 unspecified atom stereocenters. The zero-order valence-electron chi connectivity index (χ0n) is 10.9. The maximum absolute atomic E-state index is 11.6. The quantitative estimate of drug-likeness (QED) is 0.780. The lowest BCUT2D eigenvalue weighted by molar-refractivity contribution is -0.341. The molecule has 0 spiro atoms. The van der Waals surface area contributed by atoms with Crippen LogP contribution in [0, 0.1) is 0 Å². The summed E-state index contributed by atoms with van der Waals surface area (Å²) >= 11 is 0. The van der Waals surface area contributed by atoms with Crippen molar-refractivity contribution in [3.05, 3.63) is 41.5 Å². The highest BCUT2D eigenvalue weighted by atomic mass is 17.3. The summed E-state index contributed by atoms with van der Waals surface area (Å²) in [5.41, 5.74) is 1.21. The minimum atomic E-state index is -1.15. The first-order chi connectivity index (χ1) is 8.99. The van der Waals surface area contributed by atoms with Gasteiger partial charge in [-0.05, 0) is 44.2 Å². The normalized spacial score (nSPS) is 32.3. The number of rotatable bonds is 3. The fourth-order valence-corrected chi connectivity index (χ4v) is 2.37. The van der Waals surface area contributed by atoms with Crippen molar-refractivity contribution in [3.8, 4) is 5.75 Å². The lowest BCUT2D eigenvalue weighted by Gasteiger charge is -2.20. The van der Waals surface area contributed by atoms with Gasteiger partial charge in [-0.2, -0.15) is 9.78 Å². The van der Waals surface area contributed by atoms with Gasteiger partial charge in [0.15, 0.2) is 5.78 Å². The average Bonchev–Trinajstić information content (AvgIpc) is 2.91. The molecule has 1 aromatic rings. The fraction of sp³-hybridized carbons (Fsp3) is 0.357. The number of hydrogen-bond donors (Lipinski definition) is 0. The first kappa shape index (κ1) is 12.3. The number of benzene rings is 1. The maximum atomic E-state index is 11.6. The Morgan fingerprint density at radius 3 is 2.42 bits per heavy atom. The Balaban J connectivity index is 2.03. The SMILES string of the molecule is COc1ccc([C@]23C=C(C(C)=O)[C@](C)(OO2)O3)cc1. The molecule has 2 atom stereocenters. The minimum absolute atomic E-state index is 0.0961. The molecule has 19 heavy (non-hydrogen) atoms. The smallest absolute Gasteiger partial charge is 0.250 e. The third-order valence-corrected chi connectivity index (χ3v) is 3.37. The summed E-state index contributed by atoms with van der Waals surface area (Å²) in [6.07, 6.45) is 1.67. The Morgan fingerprint density at radius 1 is 1.21 bits per heavy atom. The number of Topliss-reactive ketones (excluding diaryl/α,β-unsaturated/α-hetero) is 1. The molecule has 1 aromatic carbocycles. The van der Waals surface area contributed by atoms with Gasteiger partial charge in [0.25, 0.3) is 5.79 Å². The lowest BCUT2D eigenvalue weighted by atomic mass is 10.0. The van der Waals surface area contributed by atoms with Gasteiger partial charge >= 0.3 is 0 Å². The van der Waals surface area contributed by atoms with Crippen LogP contribution in [0.3, 0.4) is 0 Å². The van der Waals surface area contributed by atoms with Crippen LogP contribution in [0.2, 0.25) is 0 Å². The van der Waals surface area contributed by atoms with Gasteiger partial charge in [0, 0.05) is 5.56 Å². The Bertz CT molecular complexity index is 562. The van der Waals surface area contributed by atoms with Crippen molar-refractivity contribution in [2.24, 2.45) is 0 Å². The predicted molar refractivity (Wildman–Crippen MR) is 65.1 cm³/mol. The Kier molecular flexibility index (Phi) is 2.53. The third-order valence-electron chi connectivity index (χ3n) is 3.37. The van der Waals surface area contributed by atoms with E-state index in [1.165, 1.54) is 6.92 Å². The molecule has 0 aromatic heterocycles. The van der Waals surface area contributed by atoms with Crippen LogP contribution in [0.15, 0.2) is 35.9 Å². The standard InChI is InChI=1S/C14H14O5/c1-9(15)12-8-14(17-13(12,2)18-19-14)10-4-6-11(16-3)7-5-10/h4-8H,1-3H3/t13-,14-/m0/s1. The molecule has 1 saturated heterocycles. The molecule has 2 heterocycles. The van der Waals surface area contributed by atoms with E-state index in [1.807, 2.05) is 12.1 Å². The van der Waals surface area contributed by atoms with Crippen LogP contribution in [-0.4, -0.2) is 18.7 Å². The van der Waals surface area contributed by atoms with Gasteiger partial charge in [0.2, 0.25) is 5.79 Å². The molecular weight excluding hydrogens is 248 g/mol. The number of carbonyl (C=O) groups excluding carboxylic acids is 1. The van der Waals surface area contributed by atoms with Crippen molar-refractivity contribution >= 4 is 5.78 Å². The first-order valence-corrected chi connectivity index (χ1v) is 5.95. The maximum Gasteiger partial charge on any atom is 0.250 e. The summed E-state index contributed by atoms with van der Waals surface area (Å²) in [7, 11) is 1.60. The number of ketones is 1. The second-order valence-corrected chi connectivity index (χ2v) is 4.72. The van der Waals surface area contributed by atoms with Gasteiger partial charge in [-0.1, -0.05) is 0 Å². The van der Waals surface area contributed by atoms with Crippen molar-refractivity contribution in [2.75, 3.05) is 7.11 Å². The Hall–Kier alpha value is -1.69.